The van der Waals surface area contributed by atoms with E-state index >= 15 is 0 Å². The zero-order valence-corrected chi connectivity index (χ0v) is 12.9. The molecule has 112 valence electrons. The van der Waals surface area contributed by atoms with E-state index in [2.05, 4.69) is 28.0 Å². The van der Waals surface area contributed by atoms with Gasteiger partial charge in [0.15, 0.2) is 0 Å². The molecule has 0 saturated carbocycles. The summed E-state index contributed by atoms with van der Waals surface area (Å²) in [4.78, 5) is 5.57. The molecular weight excluding hydrogens is 256 g/mol. The first-order valence-electron chi connectivity index (χ1n) is 8.95. The number of hydrogen-bond donors (Lipinski definition) is 0. The second-order valence-corrected chi connectivity index (χ2v) is 7.71. The number of nitrogens with zero attached hydrogens (tertiary/aromatic N) is 2. The van der Waals surface area contributed by atoms with Gasteiger partial charge in [0.1, 0.15) is 0 Å². The van der Waals surface area contributed by atoms with Crippen LogP contribution in [0.3, 0.4) is 0 Å². The lowest BCUT2D eigenvalue weighted by Gasteiger charge is -2.51. The van der Waals surface area contributed by atoms with Crippen molar-refractivity contribution >= 4 is 0 Å². The minimum absolute atomic E-state index is 0.828. The summed E-state index contributed by atoms with van der Waals surface area (Å²) in [6.45, 7) is 6.61. The Morgan fingerprint density at radius 2 is 1.81 bits per heavy atom. The van der Waals surface area contributed by atoms with Crippen LogP contribution < -0.4 is 0 Å². The monoisotopic (exact) mass is 282 g/mol. The van der Waals surface area contributed by atoms with Gasteiger partial charge in [-0.1, -0.05) is 18.2 Å². The highest BCUT2D eigenvalue weighted by atomic mass is 15.3. The molecule has 1 aromatic rings. The van der Waals surface area contributed by atoms with E-state index in [0.717, 1.165) is 17.9 Å². The fourth-order valence-corrected chi connectivity index (χ4v) is 5.58. The molecule has 21 heavy (non-hydrogen) atoms. The lowest BCUT2D eigenvalue weighted by molar-refractivity contribution is -0.00571. The van der Waals surface area contributed by atoms with Gasteiger partial charge >= 0.3 is 0 Å². The highest BCUT2D eigenvalue weighted by molar-refractivity contribution is 5.41. The minimum atomic E-state index is 0.828. The first-order chi connectivity index (χ1) is 10.4. The van der Waals surface area contributed by atoms with Crippen LogP contribution in [0.1, 0.15) is 48.3 Å². The summed E-state index contributed by atoms with van der Waals surface area (Å²) in [5.74, 6) is 1.80. The third-order valence-electron chi connectivity index (χ3n) is 6.61. The zero-order chi connectivity index (χ0) is 13.8. The molecule has 1 aromatic carbocycles. The molecule has 0 amide bonds. The molecule has 0 spiro atoms. The summed E-state index contributed by atoms with van der Waals surface area (Å²) in [7, 11) is 0. The van der Waals surface area contributed by atoms with Gasteiger partial charge in [0.2, 0.25) is 0 Å². The Bertz CT molecular complexity index is 544. The molecule has 0 aromatic heterocycles. The fourth-order valence-electron chi connectivity index (χ4n) is 5.58. The van der Waals surface area contributed by atoms with E-state index < -0.39 is 0 Å². The van der Waals surface area contributed by atoms with E-state index in [1.165, 1.54) is 64.8 Å². The Hall–Kier alpha value is -0.860. The maximum atomic E-state index is 2.86. The quantitative estimate of drug-likeness (QED) is 0.781. The fraction of sp³-hybridized carbons (Fsp3) is 0.684. The molecule has 3 fully saturated rings. The molecule has 4 heterocycles. The molecule has 0 unspecified atom stereocenters. The van der Waals surface area contributed by atoms with E-state index in [1.54, 1.807) is 16.7 Å². The summed E-state index contributed by atoms with van der Waals surface area (Å²) < 4.78 is 0. The molecule has 2 atom stereocenters. The van der Waals surface area contributed by atoms with Crippen LogP contribution in [0.25, 0.3) is 0 Å². The number of hydrogen-bond acceptors (Lipinski definition) is 2. The molecule has 6 rings (SSSR count). The van der Waals surface area contributed by atoms with Gasteiger partial charge < -0.3 is 4.90 Å². The van der Waals surface area contributed by atoms with Gasteiger partial charge in [0.05, 0.1) is 0 Å². The van der Waals surface area contributed by atoms with Crippen molar-refractivity contribution in [2.75, 3.05) is 26.2 Å². The van der Waals surface area contributed by atoms with Crippen LogP contribution in [0.15, 0.2) is 18.2 Å². The Morgan fingerprint density at radius 1 is 0.952 bits per heavy atom. The van der Waals surface area contributed by atoms with E-state index in [0.29, 0.717) is 0 Å². The van der Waals surface area contributed by atoms with Gasteiger partial charge in [-0.3, -0.25) is 4.90 Å². The largest absolute Gasteiger partial charge is 0.302 e. The van der Waals surface area contributed by atoms with E-state index in [4.69, 9.17) is 0 Å². The number of piperidine rings is 3. The summed E-state index contributed by atoms with van der Waals surface area (Å²) >= 11 is 0. The van der Waals surface area contributed by atoms with E-state index in [9.17, 15) is 0 Å². The van der Waals surface area contributed by atoms with Gasteiger partial charge in [-0.2, -0.15) is 0 Å². The van der Waals surface area contributed by atoms with Crippen molar-refractivity contribution in [1.82, 2.24) is 9.80 Å². The Morgan fingerprint density at radius 3 is 2.62 bits per heavy atom. The number of aryl methyl sites for hydroxylation is 1. The Labute approximate surface area is 128 Å². The van der Waals surface area contributed by atoms with Gasteiger partial charge in [-0.05, 0) is 73.7 Å². The van der Waals surface area contributed by atoms with Crippen LogP contribution >= 0.6 is 0 Å². The standard InChI is InChI=1S/C19H26N2/c1-3-15-4-2-6-17-12-21(11-16(5-1)19(15)17)18-13-20-9-7-14(18)8-10-20/h1,3,5,14,17-18H,2,4,6-13H2/t17-,18-/m1/s1. The molecule has 2 heteroatoms. The van der Waals surface area contributed by atoms with Gasteiger partial charge in [-0.25, -0.2) is 0 Å². The molecule has 4 aliphatic heterocycles. The van der Waals surface area contributed by atoms with Crippen molar-refractivity contribution < 1.29 is 0 Å². The van der Waals surface area contributed by atoms with Crippen LogP contribution in [-0.4, -0.2) is 42.0 Å². The third-order valence-corrected chi connectivity index (χ3v) is 6.61. The second-order valence-electron chi connectivity index (χ2n) is 7.71. The SMILES string of the molecule is c1cc2c3c(c1)CN([C@@H]1CN4CCC1CC4)C[C@H]3CCC2. The normalized spacial score (nSPS) is 38.3. The lowest BCUT2D eigenvalue weighted by atomic mass is 9.75. The third kappa shape index (κ3) is 1.99. The van der Waals surface area contributed by atoms with Crippen LogP contribution in [0.2, 0.25) is 0 Å². The number of rotatable bonds is 1. The summed E-state index contributed by atoms with van der Waals surface area (Å²) in [6.07, 6.45) is 7.02. The van der Waals surface area contributed by atoms with Crippen LogP contribution in [-0.2, 0) is 13.0 Å². The maximum absolute atomic E-state index is 2.86. The van der Waals surface area contributed by atoms with E-state index in [1.807, 2.05) is 0 Å². The van der Waals surface area contributed by atoms with Crippen LogP contribution in [0.4, 0.5) is 0 Å². The van der Waals surface area contributed by atoms with Gasteiger partial charge in [0.25, 0.3) is 0 Å². The summed E-state index contributed by atoms with van der Waals surface area (Å²) in [6, 6.07) is 7.93. The summed E-state index contributed by atoms with van der Waals surface area (Å²) in [5.41, 5.74) is 5.07. The number of benzene rings is 1. The van der Waals surface area contributed by atoms with E-state index in [-0.39, 0.29) is 0 Å². The average molecular weight is 282 g/mol. The molecule has 0 N–H and O–H groups in total. The minimum Gasteiger partial charge on any atom is -0.302 e. The molecule has 0 radical (unpaired) electrons. The Balaban J connectivity index is 1.46. The highest BCUT2D eigenvalue weighted by Crippen LogP contribution is 2.41. The van der Waals surface area contributed by atoms with Gasteiger partial charge in [-0.15, -0.1) is 0 Å². The molecule has 5 aliphatic rings. The second kappa shape index (κ2) is 4.82. The van der Waals surface area contributed by atoms with Crippen molar-refractivity contribution in [2.45, 2.75) is 50.6 Å². The summed E-state index contributed by atoms with van der Waals surface area (Å²) in [5, 5.41) is 0. The van der Waals surface area contributed by atoms with Crippen LogP contribution in [0.5, 0.6) is 0 Å². The maximum Gasteiger partial charge on any atom is 0.0256 e. The zero-order valence-electron chi connectivity index (χ0n) is 12.9. The molecule has 1 aliphatic carbocycles. The number of fused-ring (bicyclic) bond motifs is 3. The molecule has 2 nitrogen and oxygen atoms in total. The first kappa shape index (κ1) is 12.7. The first-order valence-corrected chi connectivity index (χ1v) is 8.95. The average Bonchev–Trinajstić information content (AvgIpc) is 2.56. The molecule has 3 saturated heterocycles. The topological polar surface area (TPSA) is 6.48 Å². The highest BCUT2D eigenvalue weighted by Gasteiger charge is 2.40. The van der Waals surface area contributed by atoms with Crippen LogP contribution in [0, 0.1) is 5.92 Å². The van der Waals surface area contributed by atoms with Crippen molar-refractivity contribution in [2.24, 2.45) is 5.92 Å². The smallest absolute Gasteiger partial charge is 0.0256 e. The molecule has 2 bridgehead atoms. The van der Waals surface area contributed by atoms with Crippen molar-refractivity contribution in [3.05, 3.63) is 34.9 Å². The van der Waals surface area contributed by atoms with Gasteiger partial charge in [0, 0.05) is 25.7 Å². The Kier molecular flexibility index (Phi) is 2.91. The molecular formula is C19H26N2. The predicted molar refractivity (Wildman–Crippen MR) is 85.5 cm³/mol. The predicted octanol–water partition coefficient (Wildman–Crippen LogP) is 3.02. The van der Waals surface area contributed by atoms with Crippen molar-refractivity contribution in [3.8, 4) is 0 Å². The lowest BCUT2D eigenvalue weighted by Crippen LogP contribution is -2.58. The van der Waals surface area contributed by atoms with Crippen molar-refractivity contribution in [3.63, 3.8) is 0 Å². The van der Waals surface area contributed by atoms with Crippen molar-refractivity contribution in [1.29, 1.82) is 0 Å².